The molecular formula is C15H21NO4. The summed E-state index contributed by atoms with van der Waals surface area (Å²) in [7, 11) is 0. The van der Waals surface area contributed by atoms with Gasteiger partial charge in [-0.15, -0.1) is 0 Å². The lowest BCUT2D eigenvalue weighted by atomic mass is 9.83. The van der Waals surface area contributed by atoms with E-state index in [0.29, 0.717) is 0 Å². The summed E-state index contributed by atoms with van der Waals surface area (Å²) in [5.41, 5.74) is -1.33. The van der Waals surface area contributed by atoms with Crippen molar-refractivity contribution in [3.05, 3.63) is 35.9 Å². The fourth-order valence-corrected chi connectivity index (χ4v) is 1.75. The van der Waals surface area contributed by atoms with Crippen LogP contribution in [0.25, 0.3) is 0 Å². The molecule has 0 heterocycles. The Bertz CT molecular complexity index is 478. The molecule has 0 saturated heterocycles. The Morgan fingerprint density at radius 2 is 1.60 bits per heavy atom. The van der Waals surface area contributed by atoms with Gasteiger partial charge in [0, 0.05) is 0 Å². The average Bonchev–Trinajstić information content (AvgIpc) is 2.36. The second-order valence-corrected chi connectivity index (χ2v) is 5.90. The maximum absolute atomic E-state index is 12.3. The first-order chi connectivity index (χ1) is 9.19. The topological polar surface area (TPSA) is 78.6 Å². The van der Waals surface area contributed by atoms with Gasteiger partial charge < -0.3 is 9.57 Å². The van der Waals surface area contributed by atoms with Gasteiger partial charge in [-0.25, -0.2) is 4.79 Å². The fraction of sp³-hybridized carbons (Fsp3) is 0.467. The van der Waals surface area contributed by atoms with Crippen molar-refractivity contribution < 1.29 is 19.2 Å². The van der Waals surface area contributed by atoms with Crippen LogP contribution < -0.4 is 5.90 Å². The Balaban J connectivity index is 3.04. The van der Waals surface area contributed by atoms with Crippen molar-refractivity contribution in [1.29, 1.82) is 0 Å². The van der Waals surface area contributed by atoms with E-state index in [2.05, 4.69) is 4.84 Å². The molecule has 2 N–H and O–H groups in total. The standard InChI is InChI=1S/C15H21NO4/c1-14(2,3)19-12(17)15(4,13(18)20-16)10-11-8-6-5-7-9-11/h5-9H,10,16H2,1-4H3. The van der Waals surface area contributed by atoms with Crippen molar-refractivity contribution in [1.82, 2.24) is 0 Å². The number of rotatable bonds is 4. The fourth-order valence-electron chi connectivity index (χ4n) is 1.75. The Morgan fingerprint density at radius 1 is 1.05 bits per heavy atom. The normalized spacial score (nSPS) is 14.2. The summed E-state index contributed by atoms with van der Waals surface area (Å²) in [6.07, 6.45) is 0.165. The Morgan fingerprint density at radius 3 is 2.05 bits per heavy atom. The second-order valence-electron chi connectivity index (χ2n) is 5.90. The van der Waals surface area contributed by atoms with Gasteiger partial charge in [-0.05, 0) is 39.7 Å². The van der Waals surface area contributed by atoms with Crippen molar-refractivity contribution in [3.8, 4) is 0 Å². The Hall–Kier alpha value is -1.88. The number of esters is 1. The molecular weight excluding hydrogens is 258 g/mol. The molecule has 1 aromatic rings. The zero-order valence-corrected chi connectivity index (χ0v) is 12.3. The van der Waals surface area contributed by atoms with Crippen LogP contribution >= 0.6 is 0 Å². The van der Waals surface area contributed by atoms with Gasteiger partial charge in [0.2, 0.25) is 0 Å². The smallest absolute Gasteiger partial charge is 0.341 e. The molecule has 0 spiro atoms. The first kappa shape index (κ1) is 16.2. The van der Waals surface area contributed by atoms with E-state index < -0.39 is 23.0 Å². The van der Waals surface area contributed by atoms with Crippen molar-refractivity contribution in [2.45, 2.75) is 39.7 Å². The zero-order chi connectivity index (χ0) is 15.4. The van der Waals surface area contributed by atoms with Crippen LogP contribution in [-0.4, -0.2) is 17.5 Å². The average molecular weight is 279 g/mol. The minimum absolute atomic E-state index is 0.165. The van der Waals surface area contributed by atoms with E-state index in [0.717, 1.165) is 5.56 Å². The van der Waals surface area contributed by atoms with Crippen LogP contribution in [0.15, 0.2) is 30.3 Å². The molecule has 0 aromatic heterocycles. The molecule has 0 bridgehead atoms. The van der Waals surface area contributed by atoms with Crippen LogP contribution in [0.2, 0.25) is 0 Å². The highest BCUT2D eigenvalue weighted by molar-refractivity contribution is 5.99. The molecule has 1 rings (SSSR count). The van der Waals surface area contributed by atoms with E-state index in [4.69, 9.17) is 10.6 Å². The number of benzene rings is 1. The van der Waals surface area contributed by atoms with E-state index in [1.165, 1.54) is 6.92 Å². The van der Waals surface area contributed by atoms with Crippen LogP contribution in [0.1, 0.15) is 33.3 Å². The largest absolute Gasteiger partial charge is 0.459 e. The first-order valence-electron chi connectivity index (χ1n) is 6.37. The molecule has 5 nitrogen and oxygen atoms in total. The Kier molecular flexibility index (Phi) is 4.89. The molecule has 0 amide bonds. The monoisotopic (exact) mass is 279 g/mol. The van der Waals surface area contributed by atoms with Gasteiger partial charge in [0.1, 0.15) is 5.60 Å². The van der Waals surface area contributed by atoms with Gasteiger partial charge in [0.05, 0.1) is 0 Å². The van der Waals surface area contributed by atoms with E-state index in [-0.39, 0.29) is 6.42 Å². The summed E-state index contributed by atoms with van der Waals surface area (Å²) in [5.74, 6) is 3.50. The lowest BCUT2D eigenvalue weighted by Crippen LogP contribution is -2.44. The molecule has 20 heavy (non-hydrogen) atoms. The second kappa shape index (κ2) is 6.05. The summed E-state index contributed by atoms with van der Waals surface area (Å²) in [5, 5.41) is 0. The first-order valence-corrected chi connectivity index (χ1v) is 6.37. The predicted molar refractivity (Wildman–Crippen MR) is 74.4 cm³/mol. The molecule has 1 unspecified atom stereocenters. The minimum atomic E-state index is -1.47. The van der Waals surface area contributed by atoms with Gasteiger partial charge in [0.15, 0.2) is 5.41 Å². The number of hydrogen-bond acceptors (Lipinski definition) is 5. The molecule has 0 fully saturated rings. The number of carbonyl (C=O) groups is 2. The summed E-state index contributed by atoms with van der Waals surface area (Å²) in [6, 6.07) is 9.17. The maximum Gasteiger partial charge on any atom is 0.341 e. The van der Waals surface area contributed by atoms with Crippen LogP contribution in [0.3, 0.4) is 0 Å². The predicted octanol–water partition coefficient (Wildman–Crippen LogP) is 1.99. The highest BCUT2D eigenvalue weighted by Crippen LogP contribution is 2.28. The van der Waals surface area contributed by atoms with Crippen LogP contribution in [-0.2, 0) is 25.6 Å². The number of nitrogens with two attached hydrogens (primary N) is 1. The van der Waals surface area contributed by atoms with Crippen molar-refractivity contribution in [3.63, 3.8) is 0 Å². The van der Waals surface area contributed by atoms with Crippen molar-refractivity contribution in [2.24, 2.45) is 11.3 Å². The van der Waals surface area contributed by atoms with Crippen molar-refractivity contribution >= 4 is 11.9 Å². The molecule has 0 aliphatic heterocycles. The van der Waals surface area contributed by atoms with Gasteiger partial charge in [0.25, 0.3) is 0 Å². The molecule has 0 radical (unpaired) electrons. The third-order valence-corrected chi connectivity index (χ3v) is 2.81. The van der Waals surface area contributed by atoms with Gasteiger partial charge in [-0.1, -0.05) is 30.3 Å². The molecule has 1 atom stereocenters. The third-order valence-electron chi connectivity index (χ3n) is 2.81. The van der Waals surface area contributed by atoms with Gasteiger partial charge in [-0.2, -0.15) is 5.90 Å². The number of hydrogen-bond donors (Lipinski definition) is 1. The molecule has 0 aliphatic rings. The van der Waals surface area contributed by atoms with Gasteiger partial charge in [-0.3, -0.25) is 4.79 Å². The third kappa shape index (κ3) is 4.06. The van der Waals surface area contributed by atoms with E-state index in [1.807, 2.05) is 30.3 Å². The molecule has 5 heteroatoms. The van der Waals surface area contributed by atoms with E-state index in [9.17, 15) is 9.59 Å². The molecule has 0 aliphatic carbocycles. The maximum atomic E-state index is 12.3. The summed E-state index contributed by atoms with van der Waals surface area (Å²) in [6.45, 7) is 6.69. The van der Waals surface area contributed by atoms with Crippen LogP contribution in [0.4, 0.5) is 0 Å². The summed E-state index contributed by atoms with van der Waals surface area (Å²) >= 11 is 0. The lowest BCUT2D eigenvalue weighted by Gasteiger charge is -2.29. The van der Waals surface area contributed by atoms with Crippen LogP contribution in [0.5, 0.6) is 0 Å². The van der Waals surface area contributed by atoms with Crippen LogP contribution in [0, 0.1) is 5.41 Å². The summed E-state index contributed by atoms with van der Waals surface area (Å²) in [4.78, 5) is 28.5. The number of carbonyl (C=O) groups excluding carboxylic acids is 2. The summed E-state index contributed by atoms with van der Waals surface area (Å²) < 4.78 is 5.30. The highest BCUT2D eigenvalue weighted by Gasteiger charge is 2.45. The quantitative estimate of drug-likeness (QED) is 0.518. The van der Waals surface area contributed by atoms with Crippen molar-refractivity contribution in [2.75, 3.05) is 0 Å². The SMILES string of the molecule is CC(C)(C)OC(=O)C(C)(Cc1ccccc1)C(=O)ON. The molecule has 1 aromatic carbocycles. The highest BCUT2D eigenvalue weighted by atomic mass is 16.7. The zero-order valence-electron chi connectivity index (χ0n) is 12.3. The Labute approximate surface area is 119 Å². The molecule has 110 valence electrons. The van der Waals surface area contributed by atoms with E-state index in [1.54, 1.807) is 20.8 Å². The van der Waals surface area contributed by atoms with E-state index >= 15 is 0 Å². The molecule has 0 saturated carbocycles. The number of ether oxygens (including phenoxy) is 1. The minimum Gasteiger partial charge on any atom is -0.459 e. The lowest BCUT2D eigenvalue weighted by molar-refractivity contribution is -0.178. The van der Waals surface area contributed by atoms with Gasteiger partial charge >= 0.3 is 11.9 Å².